The molecule has 0 unspecified atom stereocenters. The average Bonchev–Trinajstić information content (AvgIpc) is 1.63. The van der Waals surface area contributed by atoms with Crippen LogP contribution in [0.3, 0.4) is 0 Å². The summed E-state index contributed by atoms with van der Waals surface area (Å²) >= 11 is 0. The molecule has 0 radical (unpaired) electrons. The summed E-state index contributed by atoms with van der Waals surface area (Å²) in [7, 11) is 19.2. The van der Waals surface area contributed by atoms with E-state index in [1.165, 1.54) is 37.0 Å². The summed E-state index contributed by atoms with van der Waals surface area (Å²) in [6, 6.07) is 46.6. The highest BCUT2D eigenvalue weighted by Gasteiger charge is 2.24. The van der Waals surface area contributed by atoms with E-state index in [9.17, 15) is 24.0 Å². The van der Waals surface area contributed by atoms with E-state index in [1.54, 1.807) is 51.3 Å². The molecule has 15 heterocycles. The van der Waals surface area contributed by atoms with Crippen molar-refractivity contribution in [2.45, 2.75) is 58.3 Å². The molecule has 35 nitrogen and oxygen atoms in total. The number of morpholine rings is 1. The summed E-state index contributed by atoms with van der Waals surface area (Å²) in [6.45, 7) is 10.4. The Morgan fingerprint density at radius 1 is 0.296 bits per heavy atom. The Morgan fingerprint density at radius 3 is 0.859 bits per heavy atom. The molecule has 135 heavy (non-hydrogen) atoms. The van der Waals surface area contributed by atoms with Gasteiger partial charge in [-0.15, -0.1) is 0 Å². The molecule has 3 aliphatic heterocycles. The molecule has 12 aromatic heterocycles. The highest BCUT2D eigenvalue weighted by atomic mass is 16.5. The maximum Gasteiger partial charge on any atom is 0.321 e. The standard InChI is InChI=1S/C26H29N7O.C25H27N7O2.C25H27N7O.C24H26N8O2/c1-32(2)17-21-8-7-20(15-28-21)29-26(34)25-23-13-18(6-9-24(23)30-31-25)19-12-22(16-27-14-19)33-10-4-3-5-11-33;1-31(2)16-20-5-4-19(14-27-20)28-25(33)24-22-12-17(3-6-23(22)29-30-24)18-11-21(15-26-13-18)32-7-9-34-10-8-32;1-31(2)16-20-7-6-19(14-27-20)28-25(33)24-22-12-17(5-8-23(22)29-30-24)18-11-21(15-26-13-18)32-9-3-4-10-32;1-31(2)14-18-7-6-17(13-26-18)27-23(33)22-20-10-15(5-8-21(20)29-30-22)16-9-19(12-25-11-16)28-24(34)32(3)4/h6-9,12-16H,3-5,10-11,17H2,1-2H3,(H,29,34)(H,30,31);3-6,11-15H,7-10,16H2,1-2H3,(H,28,33)(H,29,30);5-8,11-15H,3-4,9-10,16H2,1-2H3,(H,28,33)(H,29,30);5-13H,14H2,1-4H3,(H,27,33)(H,28,34)(H,29,30). The van der Waals surface area contributed by atoms with Gasteiger partial charge in [0.15, 0.2) is 22.8 Å². The van der Waals surface area contributed by atoms with Crippen molar-refractivity contribution in [3.63, 3.8) is 0 Å². The van der Waals surface area contributed by atoms with Gasteiger partial charge >= 0.3 is 6.03 Å². The van der Waals surface area contributed by atoms with Crippen molar-refractivity contribution in [3.8, 4) is 44.5 Å². The number of hydrogen-bond acceptors (Lipinski definition) is 25. The minimum atomic E-state index is -0.337. The molecule has 0 aliphatic carbocycles. The molecule has 3 saturated heterocycles. The molecule has 0 atom stereocenters. The number of ether oxygens (including phenoxy) is 1. The van der Waals surface area contributed by atoms with Crippen LogP contribution in [-0.4, -0.2) is 258 Å². The molecule has 9 N–H and O–H groups in total. The minimum Gasteiger partial charge on any atom is -0.378 e. The second kappa shape index (κ2) is 43.1. The third kappa shape index (κ3) is 23.8. The molecule has 0 bridgehead atoms. The van der Waals surface area contributed by atoms with E-state index in [-0.39, 0.29) is 35.4 Å². The SMILES string of the molecule is CN(C)Cc1ccc(NC(=O)c2n[nH]c3ccc(-c4cncc(N5CCCC5)c4)cc23)cn1.CN(C)Cc1ccc(NC(=O)c2n[nH]c3ccc(-c4cncc(N5CCCCC5)c4)cc23)cn1.CN(C)Cc1ccc(NC(=O)c2n[nH]c3ccc(-c4cncc(N5CCOCC5)c4)cc23)cn1.CN(C)Cc1ccc(NC(=O)c2n[nH]c3ccc(-c4cncc(NC(=O)N(C)C)c4)cc23)cn1. The number of rotatable bonds is 24. The van der Waals surface area contributed by atoms with Crippen LogP contribution in [-0.2, 0) is 30.9 Å². The number of carbonyl (C=O) groups excluding carboxylic acids is 5. The Bertz CT molecular complexity index is 6610. The van der Waals surface area contributed by atoms with Gasteiger partial charge in [0.05, 0.1) is 153 Å². The zero-order valence-electron chi connectivity index (χ0n) is 77.2. The summed E-state index contributed by atoms with van der Waals surface area (Å²) in [5, 5.41) is 46.2. The topological polar surface area (TPSA) is 398 Å². The number of amides is 6. The van der Waals surface area contributed by atoms with Crippen LogP contribution in [0.2, 0.25) is 0 Å². The first-order valence-corrected chi connectivity index (χ1v) is 44.7. The van der Waals surface area contributed by atoms with E-state index in [2.05, 4.69) is 140 Å². The molecular formula is C100H109N29O6. The maximum atomic E-state index is 13.0. The summed E-state index contributed by atoms with van der Waals surface area (Å²) in [4.78, 5) is 116. The molecule has 690 valence electrons. The molecule has 16 aromatic rings. The first-order valence-electron chi connectivity index (χ1n) is 44.7. The predicted octanol–water partition coefficient (Wildman–Crippen LogP) is 14.9. The summed E-state index contributed by atoms with van der Waals surface area (Å²) in [5.74, 6) is -1.17. The van der Waals surface area contributed by atoms with E-state index in [4.69, 9.17) is 4.74 Å². The highest BCUT2D eigenvalue weighted by molar-refractivity contribution is 6.15. The van der Waals surface area contributed by atoms with Crippen molar-refractivity contribution < 1.29 is 28.7 Å². The molecule has 3 aliphatic rings. The lowest BCUT2D eigenvalue weighted by Gasteiger charge is -2.28. The van der Waals surface area contributed by atoms with Crippen LogP contribution in [0.4, 0.5) is 50.3 Å². The number of carbonyl (C=O) groups is 5. The number of urea groups is 1. The van der Waals surface area contributed by atoms with Crippen LogP contribution in [0.1, 0.15) is 96.8 Å². The molecular weight excluding hydrogens is 1700 g/mol. The molecule has 0 saturated carbocycles. The fourth-order valence-corrected chi connectivity index (χ4v) is 16.0. The Hall–Kier alpha value is -15.7. The van der Waals surface area contributed by atoms with Gasteiger partial charge in [-0.25, -0.2) is 4.79 Å². The van der Waals surface area contributed by atoms with Crippen LogP contribution in [0.25, 0.3) is 88.1 Å². The number of hydrogen-bond donors (Lipinski definition) is 9. The Balaban J connectivity index is 0.000000131. The fourth-order valence-electron chi connectivity index (χ4n) is 16.0. The molecule has 6 amide bonds. The summed E-state index contributed by atoms with van der Waals surface area (Å²) < 4.78 is 5.46. The average molecular weight is 1810 g/mol. The summed E-state index contributed by atoms with van der Waals surface area (Å²) in [6.07, 6.45) is 27.4. The number of aromatic amines is 4. The third-order valence-corrected chi connectivity index (χ3v) is 22.8. The quantitative estimate of drug-likeness (QED) is 0.0271. The molecule has 19 rings (SSSR count). The first-order chi connectivity index (χ1) is 65.5. The Kier molecular flexibility index (Phi) is 29.6. The van der Waals surface area contributed by atoms with Crippen molar-refractivity contribution >= 4 is 119 Å². The number of nitrogens with one attached hydrogen (secondary N) is 9. The summed E-state index contributed by atoms with van der Waals surface area (Å²) in [5.41, 5.74) is 22.3. The Labute approximate surface area is 781 Å². The lowest BCUT2D eigenvalue weighted by atomic mass is 10.0. The normalized spacial score (nSPS) is 13.2. The second-order valence-corrected chi connectivity index (χ2v) is 34.7. The second-order valence-electron chi connectivity index (χ2n) is 34.7. The van der Waals surface area contributed by atoms with Gasteiger partial charge in [0.2, 0.25) is 0 Å². The van der Waals surface area contributed by atoms with Gasteiger partial charge in [0.25, 0.3) is 23.6 Å². The zero-order chi connectivity index (χ0) is 94.0. The van der Waals surface area contributed by atoms with Crippen molar-refractivity contribution in [2.24, 2.45) is 0 Å². The van der Waals surface area contributed by atoms with Gasteiger partial charge < -0.3 is 70.5 Å². The lowest BCUT2D eigenvalue weighted by molar-refractivity contribution is 0.101. The monoisotopic (exact) mass is 1810 g/mol. The van der Waals surface area contributed by atoms with E-state index in [1.807, 2.05) is 241 Å². The van der Waals surface area contributed by atoms with E-state index < -0.39 is 0 Å². The van der Waals surface area contributed by atoms with Crippen LogP contribution in [0.5, 0.6) is 0 Å². The van der Waals surface area contributed by atoms with E-state index in [0.717, 1.165) is 201 Å². The van der Waals surface area contributed by atoms with Crippen LogP contribution in [0.15, 0.2) is 220 Å². The molecule has 35 heteroatoms. The van der Waals surface area contributed by atoms with Crippen LogP contribution in [0, 0.1) is 0 Å². The van der Waals surface area contributed by atoms with Gasteiger partial charge in [-0.2, -0.15) is 20.4 Å². The number of benzene rings is 4. The number of aromatic nitrogens is 16. The lowest BCUT2D eigenvalue weighted by Crippen LogP contribution is -2.36. The number of piperidine rings is 1. The van der Waals surface area contributed by atoms with Crippen molar-refractivity contribution in [1.29, 1.82) is 0 Å². The van der Waals surface area contributed by atoms with Crippen LogP contribution >= 0.6 is 0 Å². The van der Waals surface area contributed by atoms with Gasteiger partial charge in [-0.05, 0) is 232 Å². The van der Waals surface area contributed by atoms with Crippen molar-refractivity contribution in [2.75, 3.05) is 164 Å². The smallest absolute Gasteiger partial charge is 0.321 e. The van der Waals surface area contributed by atoms with Crippen LogP contribution < -0.4 is 41.3 Å². The van der Waals surface area contributed by atoms with E-state index >= 15 is 0 Å². The largest absolute Gasteiger partial charge is 0.378 e. The fraction of sp³-hybridized carbons (Fsp3) is 0.270. The zero-order valence-corrected chi connectivity index (χ0v) is 77.2. The van der Waals surface area contributed by atoms with Gasteiger partial charge in [0, 0.05) is 148 Å². The number of H-pyrrole nitrogens is 4. The Morgan fingerprint density at radius 2 is 0.578 bits per heavy atom. The van der Waals surface area contributed by atoms with Crippen molar-refractivity contribution in [3.05, 3.63) is 266 Å². The maximum absolute atomic E-state index is 13.0. The number of nitrogens with zero attached hydrogens (tertiary/aromatic N) is 20. The van der Waals surface area contributed by atoms with Gasteiger partial charge in [-0.3, -0.25) is 79.4 Å². The molecule has 4 aromatic carbocycles. The molecule has 3 fully saturated rings. The number of fused-ring (bicyclic) bond motifs is 4. The highest BCUT2D eigenvalue weighted by Crippen LogP contribution is 2.35. The predicted molar refractivity (Wildman–Crippen MR) is 529 cm³/mol. The van der Waals surface area contributed by atoms with Crippen molar-refractivity contribution in [1.82, 2.24) is 105 Å². The number of anilines is 8. The third-order valence-electron chi connectivity index (χ3n) is 22.8. The minimum absolute atomic E-state index is 0.243. The first kappa shape index (κ1) is 92.6. The number of pyridine rings is 8. The van der Waals surface area contributed by atoms with Gasteiger partial charge in [0.1, 0.15) is 0 Å². The molecule has 0 spiro atoms. The van der Waals surface area contributed by atoms with Gasteiger partial charge in [-0.1, -0.05) is 24.3 Å². The van der Waals surface area contributed by atoms with E-state index in [0.29, 0.717) is 50.9 Å².